The summed E-state index contributed by atoms with van der Waals surface area (Å²) in [5, 5.41) is 8.10. The molecule has 3 N–H and O–H groups in total. The Bertz CT molecular complexity index is 1050. The van der Waals surface area contributed by atoms with E-state index in [2.05, 4.69) is 16.0 Å². The summed E-state index contributed by atoms with van der Waals surface area (Å²) in [6, 6.07) is 10.7. The van der Waals surface area contributed by atoms with Gasteiger partial charge in [-0.25, -0.2) is 4.39 Å². The summed E-state index contributed by atoms with van der Waals surface area (Å²) in [7, 11) is 1.59. The van der Waals surface area contributed by atoms with E-state index in [1.807, 2.05) is 32.9 Å². The van der Waals surface area contributed by atoms with Gasteiger partial charge < -0.3 is 20.7 Å². The number of nitrogens with one attached hydrogen (secondary N) is 3. The molecule has 1 heterocycles. The lowest BCUT2D eigenvalue weighted by Crippen LogP contribution is -2.40. The van der Waals surface area contributed by atoms with Crippen molar-refractivity contribution >= 4 is 23.4 Å². The van der Waals surface area contributed by atoms with Crippen LogP contribution in [0.5, 0.6) is 0 Å². The van der Waals surface area contributed by atoms with Crippen LogP contribution in [0.25, 0.3) is 0 Å². The van der Waals surface area contributed by atoms with Crippen molar-refractivity contribution in [2.45, 2.75) is 46.3 Å². The molecule has 1 saturated heterocycles. The van der Waals surface area contributed by atoms with Crippen LogP contribution < -0.4 is 16.0 Å². The molecule has 2 aromatic carbocycles. The van der Waals surface area contributed by atoms with Crippen molar-refractivity contribution in [3.05, 3.63) is 65.0 Å². The standard InChI is InChI=1S/C26H32FN3O4/c1-26(2,3)13-18-9-10-20(12-21(18)27)29-25(33)23(17-7-5-16(6-8-17)15-34-4)30-24(32)19-11-22(31)28-14-19/h5-10,12,19,23H,11,13-15H2,1-4H3,(H,28,31)(H,29,33)(H,30,32)/t19-,23-/m0/s1. The van der Waals surface area contributed by atoms with Crippen LogP contribution in [-0.4, -0.2) is 31.4 Å². The summed E-state index contributed by atoms with van der Waals surface area (Å²) >= 11 is 0. The molecule has 1 aliphatic heterocycles. The number of rotatable bonds is 8. The number of hydrogen-bond donors (Lipinski definition) is 3. The van der Waals surface area contributed by atoms with Crippen LogP contribution in [0.4, 0.5) is 10.1 Å². The van der Waals surface area contributed by atoms with Gasteiger partial charge in [0.1, 0.15) is 11.9 Å². The van der Waals surface area contributed by atoms with Crippen LogP contribution in [0.2, 0.25) is 0 Å². The molecule has 2 atom stereocenters. The van der Waals surface area contributed by atoms with Gasteiger partial charge in [-0.05, 0) is 40.7 Å². The average molecular weight is 470 g/mol. The Morgan fingerprint density at radius 1 is 1.18 bits per heavy atom. The smallest absolute Gasteiger partial charge is 0.251 e. The second kappa shape index (κ2) is 10.8. The van der Waals surface area contributed by atoms with E-state index in [0.29, 0.717) is 29.8 Å². The molecule has 0 saturated carbocycles. The lowest BCUT2D eigenvalue weighted by molar-refractivity contribution is -0.129. The fourth-order valence-corrected chi connectivity index (χ4v) is 3.88. The van der Waals surface area contributed by atoms with Crippen LogP contribution in [-0.2, 0) is 32.1 Å². The van der Waals surface area contributed by atoms with Crippen molar-refractivity contribution in [2.24, 2.45) is 11.3 Å². The molecule has 1 fully saturated rings. The van der Waals surface area contributed by atoms with Crippen LogP contribution in [0, 0.1) is 17.2 Å². The first-order valence-electron chi connectivity index (χ1n) is 11.3. The Labute approximate surface area is 199 Å². The lowest BCUT2D eigenvalue weighted by Gasteiger charge is -2.21. The summed E-state index contributed by atoms with van der Waals surface area (Å²) in [6.07, 6.45) is 0.640. The zero-order valence-electron chi connectivity index (χ0n) is 20.0. The highest BCUT2D eigenvalue weighted by Gasteiger charge is 2.31. The lowest BCUT2D eigenvalue weighted by atomic mass is 9.88. The van der Waals surface area contributed by atoms with Gasteiger partial charge in [0.05, 0.1) is 12.5 Å². The van der Waals surface area contributed by atoms with Crippen molar-refractivity contribution in [3.8, 4) is 0 Å². The second-order valence-corrected chi connectivity index (χ2v) is 9.85. The first-order chi connectivity index (χ1) is 16.1. The number of ether oxygens (including phenoxy) is 1. The van der Waals surface area contributed by atoms with E-state index >= 15 is 0 Å². The third kappa shape index (κ3) is 6.87. The molecule has 182 valence electrons. The number of benzene rings is 2. The first kappa shape index (κ1) is 25.4. The Morgan fingerprint density at radius 3 is 2.44 bits per heavy atom. The van der Waals surface area contributed by atoms with E-state index in [-0.39, 0.29) is 24.3 Å². The highest BCUT2D eigenvalue weighted by Crippen LogP contribution is 2.25. The minimum atomic E-state index is -1.02. The Hall–Kier alpha value is -3.26. The Morgan fingerprint density at radius 2 is 1.88 bits per heavy atom. The predicted molar refractivity (Wildman–Crippen MR) is 127 cm³/mol. The maximum atomic E-state index is 14.7. The molecule has 3 amide bonds. The number of amides is 3. The van der Waals surface area contributed by atoms with Gasteiger partial charge in [0.15, 0.2) is 0 Å². The molecule has 2 aromatic rings. The van der Waals surface area contributed by atoms with E-state index in [1.54, 1.807) is 31.4 Å². The van der Waals surface area contributed by atoms with Gasteiger partial charge in [0, 0.05) is 25.8 Å². The Kier molecular flexibility index (Phi) is 8.04. The largest absolute Gasteiger partial charge is 0.380 e. The van der Waals surface area contributed by atoms with Gasteiger partial charge in [-0.1, -0.05) is 51.1 Å². The fraction of sp³-hybridized carbons (Fsp3) is 0.423. The van der Waals surface area contributed by atoms with E-state index in [9.17, 15) is 18.8 Å². The molecule has 34 heavy (non-hydrogen) atoms. The van der Waals surface area contributed by atoms with Crippen molar-refractivity contribution in [3.63, 3.8) is 0 Å². The molecule has 0 bridgehead atoms. The Balaban J connectivity index is 1.80. The minimum Gasteiger partial charge on any atom is -0.380 e. The molecule has 0 aliphatic carbocycles. The number of methoxy groups -OCH3 is 1. The zero-order chi connectivity index (χ0) is 24.9. The SMILES string of the molecule is COCc1ccc([C@H](NC(=O)[C@@H]2CNC(=O)C2)C(=O)Nc2ccc(CC(C)(C)C)c(F)c2)cc1. The van der Waals surface area contributed by atoms with Crippen LogP contribution in [0.3, 0.4) is 0 Å². The summed E-state index contributed by atoms with van der Waals surface area (Å²) in [4.78, 5) is 37.5. The third-order valence-electron chi connectivity index (χ3n) is 5.56. The summed E-state index contributed by atoms with van der Waals surface area (Å²) in [6.45, 7) is 6.73. The van der Waals surface area contributed by atoms with E-state index in [0.717, 1.165) is 5.56 Å². The second-order valence-electron chi connectivity index (χ2n) is 9.85. The molecule has 8 heteroatoms. The predicted octanol–water partition coefficient (Wildman–Crippen LogP) is 3.49. The highest BCUT2D eigenvalue weighted by atomic mass is 19.1. The molecular weight excluding hydrogens is 437 g/mol. The van der Waals surface area contributed by atoms with E-state index < -0.39 is 29.6 Å². The summed E-state index contributed by atoms with van der Waals surface area (Å²) in [5.74, 6) is -2.05. The third-order valence-corrected chi connectivity index (χ3v) is 5.56. The van der Waals surface area contributed by atoms with Crippen molar-refractivity contribution in [2.75, 3.05) is 19.0 Å². The van der Waals surface area contributed by atoms with E-state index in [4.69, 9.17) is 4.74 Å². The molecule has 0 radical (unpaired) electrons. The van der Waals surface area contributed by atoms with Crippen molar-refractivity contribution in [1.82, 2.24) is 10.6 Å². The van der Waals surface area contributed by atoms with Crippen LogP contribution >= 0.6 is 0 Å². The number of carbonyl (C=O) groups is 3. The van der Waals surface area contributed by atoms with Crippen molar-refractivity contribution in [1.29, 1.82) is 0 Å². The van der Waals surface area contributed by atoms with Crippen LogP contribution in [0.1, 0.15) is 49.9 Å². The van der Waals surface area contributed by atoms with Gasteiger partial charge in [-0.15, -0.1) is 0 Å². The zero-order valence-corrected chi connectivity index (χ0v) is 20.0. The van der Waals surface area contributed by atoms with Crippen LogP contribution in [0.15, 0.2) is 42.5 Å². The number of halogens is 1. The van der Waals surface area contributed by atoms with Crippen molar-refractivity contribution < 1.29 is 23.5 Å². The average Bonchev–Trinajstić information content (AvgIpc) is 3.20. The number of hydrogen-bond acceptors (Lipinski definition) is 4. The highest BCUT2D eigenvalue weighted by molar-refractivity contribution is 5.99. The fourth-order valence-electron chi connectivity index (χ4n) is 3.88. The minimum absolute atomic E-state index is 0.0768. The number of carbonyl (C=O) groups excluding carboxylic acids is 3. The molecule has 3 rings (SSSR count). The first-order valence-corrected chi connectivity index (χ1v) is 11.3. The molecule has 0 spiro atoms. The normalized spacial score (nSPS) is 16.6. The quantitative estimate of drug-likeness (QED) is 0.551. The molecule has 0 unspecified atom stereocenters. The number of anilines is 1. The maximum Gasteiger partial charge on any atom is 0.251 e. The van der Waals surface area contributed by atoms with Gasteiger partial charge in [-0.3, -0.25) is 14.4 Å². The summed E-state index contributed by atoms with van der Waals surface area (Å²) in [5.41, 5.74) is 2.27. The van der Waals surface area contributed by atoms with Gasteiger partial charge in [-0.2, -0.15) is 0 Å². The van der Waals surface area contributed by atoms with Gasteiger partial charge in [0.2, 0.25) is 11.8 Å². The molecule has 7 nitrogen and oxygen atoms in total. The van der Waals surface area contributed by atoms with Gasteiger partial charge >= 0.3 is 0 Å². The monoisotopic (exact) mass is 469 g/mol. The topological polar surface area (TPSA) is 96.5 Å². The van der Waals surface area contributed by atoms with Gasteiger partial charge in [0.25, 0.3) is 5.91 Å². The maximum absolute atomic E-state index is 14.7. The molecular formula is C26H32FN3O4. The molecule has 1 aliphatic rings. The summed E-state index contributed by atoms with van der Waals surface area (Å²) < 4.78 is 19.8. The molecule has 0 aromatic heterocycles. The van der Waals surface area contributed by atoms with E-state index in [1.165, 1.54) is 6.07 Å².